The first-order valence-electron chi connectivity index (χ1n) is 13.9. The Balaban J connectivity index is 1.38. The van der Waals surface area contributed by atoms with Crippen LogP contribution in [-0.2, 0) is 0 Å². The maximum Gasteiger partial charge on any atom is 0.504 e. The van der Waals surface area contributed by atoms with Gasteiger partial charge in [-0.2, -0.15) is 0 Å². The fourth-order valence-electron chi connectivity index (χ4n) is 5.95. The molecule has 3 heterocycles. The quantitative estimate of drug-likeness (QED) is 0.212. The van der Waals surface area contributed by atoms with E-state index >= 15 is 0 Å². The van der Waals surface area contributed by atoms with Gasteiger partial charge >= 0.3 is 7.69 Å². The normalized spacial score (nSPS) is 11.5. The van der Waals surface area contributed by atoms with Crippen LogP contribution >= 0.6 is 0 Å². The molecule has 0 aliphatic carbocycles. The summed E-state index contributed by atoms with van der Waals surface area (Å²) in [4.78, 5) is 10.1. The highest BCUT2D eigenvalue weighted by molar-refractivity contribution is 6.18. The van der Waals surface area contributed by atoms with E-state index in [-0.39, 0.29) is 0 Å². The minimum Gasteiger partial charge on any atom is -0.536 e. The molecule has 0 amide bonds. The minimum absolute atomic E-state index is 0.380. The zero-order chi connectivity index (χ0) is 28.9. The Morgan fingerprint density at radius 1 is 0.698 bits per heavy atom. The second kappa shape index (κ2) is 10.0. The van der Waals surface area contributed by atoms with Crippen molar-refractivity contribution in [2.45, 2.75) is 0 Å². The summed E-state index contributed by atoms with van der Waals surface area (Å²) in [5, 5.41) is 12.6. The van der Waals surface area contributed by atoms with Crippen molar-refractivity contribution in [2.75, 3.05) is 7.11 Å². The maximum atomic E-state index is 9.38. The number of aromatic nitrogens is 3. The molecule has 3 aromatic heterocycles. The van der Waals surface area contributed by atoms with Gasteiger partial charge in [-0.1, -0.05) is 78.9 Å². The van der Waals surface area contributed by atoms with E-state index in [4.69, 9.17) is 23.8 Å². The molecule has 206 valence electrons. The first-order valence-corrected chi connectivity index (χ1v) is 13.9. The number of methoxy groups -OCH3 is 1. The van der Waals surface area contributed by atoms with Crippen LogP contribution in [0.2, 0.25) is 0 Å². The van der Waals surface area contributed by atoms with Crippen molar-refractivity contribution >= 4 is 51.6 Å². The van der Waals surface area contributed by atoms with Crippen molar-refractivity contribution in [3.63, 3.8) is 0 Å². The molecule has 0 saturated carbocycles. The van der Waals surface area contributed by atoms with Gasteiger partial charge in [0, 0.05) is 27.6 Å². The predicted molar refractivity (Wildman–Crippen MR) is 171 cm³/mol. The largest absolute Gasteiger partial charge is 0.536 e. The molecule has 8 aromatic rings. The van der Waals surface area contributed by atoms with Crippen LogP contribution in [0.15, 0.2) is 120 Å². The highest BCUT2D eigenvalue weighted by Gasteiger charge is 2.22. The Morgan fingerprint density at radius 2 is 1.40 bits per heavy atom. The summed E-state index contributed by atoms with van der Waals surface area (Å²) in [6.07, 6.45) is 0. The van der Waals surface area contributed by atoms with Gasteiger partial charge in [0.15, 0.2) is 17.0 Å². The maximum absolute atomic E-state index is 9.38. The first-order chi connectivity index (χ1) is 21.2. The number of ether oxygens (including phenoxy) is 1. The van der Waals surface area contributed by atoms with Gasteiger partial charge in [0.05, 0.1) is 23.5 Å². The SMILES string of the molecule is COc1c(OBO)ccc2c1oc1c(-c3ccccc3)nc(-c3cccc(-n4c5ccccc5c5ccccc54)c3)nc12. The summed E-state index contributed by atoms with van der Waals surface area (Å²) < 4.78 is 19.7. The highest BCUT2D eigenvalue weighted by Crippen LogP contribution is 2.43. The number of hydrogen-bond acceptors (Lipinski definition) is 6. The lowest BCUT2D eigenvalue weighted by atomic mass is 10.1. The Kier molecular flexibility index (Phi) is 5.87. The minimum atomic E-state index is -0.483. The molecule has 0 unspecified atom stereocenters. The topological polar surface area (TPSA) is 82.5 Å². The number of rotatable bonds is 6. The van der Waals surface area contributed by atoms with Crippen molar-refractivity contribution < 1.29 is 18.8 Å². The van der Waals surface area contributed by atoms with Gasteiger partial charge in [0.25, 0.3) is 0 Å². The van der Waals surface area contributed by atoms with Gasteiger partial charge in [0.2, 0.25) is 5.75 Å². The Hall–Kier alpha value is -5.60. The smallest absolute Gasteiger partial charge is 0.504 e. The van der Waals surface area contributed by atoms with Crippen LogP contribution in [0.4, 0.5) is 0 Å². The lowest BCUT2D eigenvalue weighted by molar-refractivity contribution is 0.380. The van der Waals surface area contributed by atoms with Crippen LogP contribution in [0.1, 0.15) is 0 Å². The molecule has 5 aromatic carbocycles. The van der Waals surface area contributed by atoms with E-state index in [1.54, 1.807) is 13.2 Å². The summed E-state index contributed by atoms with van der Waals surface area (Å²) in [5.41, 5.74) is 7.42. The summed E-state index contributed by atoms with van der Waals surface area (Å²) in [6.45, 7) is 0. The third-order valence-corrected chi connectivity index (χ3v) is 7.81. The molecule has 8 heteroatoms. The Morgan fingerprint density at radius 3 is 2.12 bits per heavy atom. The molecule has 7 nitrogen and oxygen atoms in total. The Labute approximate surface area is 246 Å². The lowest BCUT2D eigenvalue weighted by Crippen LogP contribution is -2.01. The van der Waals surface area contributed by atoms with Crippen molar-refractivity contribution in [3.05, 3.63) is 115 Å². The number of furan rings is 1. The molecule has 0 saturated heterocycles. The molecule has 0 aliphatic heterocycles. The van der Waals surface area contributed by atoms with E-state index in [2.05, 4.69) is 65.2 Å². The van der Waals surface area contributed by atoms with E-state index in [0.29, 0.717) is 39.7 Å². The molecule has 0 radical (unpaired) electrons. The molecule has 43 heavy (non-hydrogen) atoms. The molecular formula is C35H24BN3O4. The van der Waals surface area contributed by atoms with E-state index < -0.39 is 7.69 Å². The average Bonchev–Trinajstić information content (AvgIpc) is 3.61. The summed E-state index contributed by atoms with van der Waals surface area (Å²) in [6, 6.07) is 38.8. The fraction of sp³-hybridized carbons (Fsp3) is 0.0286. The fourth-order valence-corrected chi connectivity index (χ4v) is 5.95. The van der Waals surface area contributed by atoms with Gasteiger partial charge in [-0.3, -0.25) is 0 Å². The second-order valence-corrected chi connectivity index (χ2v) is 10.2. The predicted octanol–water partition coefficient (Wildman–Crippen LogP) is 7.45. The molecule has 8 rings (SSSR count). The van der Waals surface area contributed by atoms with Gasteiger partial charge < -0.3 is 23.4 Å². The number of nitrogens with zero attached hydrogens (tertiary/aromatic N) is 3. The van der Waals surface area contributed by atoms with Gasteiger partial charge in [-0.15, -0.1) is 0 Å². The third kappa shape index (κ3) is 3.95. The van der Waals surface area contributed by atoms with Gasteiger partial charge in [-0.25, -0.2) is 9.97 Å². The monoisotopic (exact) mass is 561 g/mol. The van der Waals surface area contributed by atoms with Crippen LogP contribution in [-0.4, -0.2) is 34.4 Å². The number of para-hydroxylation sites is 2. The van der Waals surface area contributed by atoms with E-state index in [0.717, 1.165) is 33.2 Å². The Bertz CT molecular complexity index is 2260. The van der Waals surface area contributed by atoms with Gasteiger partial charge in [-0.05, 0) is 36.4 Å². The van der Waals surface area contributed by atoms with Crippen LogP contribution in [0.25, 0.3) is 72.2 Å². The molecule has 1 N–H and O–H groups in total. The zero-order valence-electron chi connectivity index (χ0n) is 23.2. The van der Waals surface area contributed by atoms with Crippen molar-refractivity contribution in [2.24, 2.45) is 0 Å². The van der Waals surface area contributed by atoms with Crippen molar-refractivity contribution in [3.8, 4) is 39.8 Å². The summed E-state index contributed by atoms with van der Waals surface area (Å²) in [7, 11) is 1.06. The van der Waals surface area contributed by atoms with Crippen LogP contribution in [0.3, 0.4) is 0 Å². The number of hydrogen-bond donors (Lipinski definition) is 1. The highest BCUT2D eigenvalue weighted by atomic mass is 16.5. The standard InChI is InChI=1S/C35H24BN3O4/c1-41-33-29(43-36-40)19-18-26-31-34(42-32(26)33)30(21-10-3-2-4-11-21)37-35(38-31)22-12-9-13-23(20-22)39-27-16-7-5-14-24(27)25-15-6-8-17-28(25)39/h2-20,36,40H,1H3. The average molecular weight is 561 g/mol. The van der Waals surface area contributed by atoms with Crippen LogP contribution in [0, 0.1) is 0 Å². The number of benzene rings is 5. The van der Waals surface area contributed by atoms with Crippen molar-refractivity contribution in [1.29, 1.82) is 0 Å². The molecule has 0 bridgehead atoms. The van der Waals surface area contributed by atoms with E-state index in [1.165, 1.54) is 10.8 Å². The van der Waals surface area contributed by atoms with E-state index in [9.17, 15) is 5.02 Å². The van der Waals surface area contributed by atoms with E-state index in [1.807, 2.05) is 48.5 Å². The molecular weight excluding hydrogens is 537 g/mol. The first kappa shape index (κ1) is 25.1. The summed E-state index contributed by atoms with van der Waals surface area (Å²) >= 11 is 0. The molecule has 0 aliphatic rings. The third-order valence-electron chi connectivity index (χ3n) is 7.81. The zero-order valence-corrected chi connectivity index (χ0v) is 23.2. The van der Waals surface area contributed by atoms with Crippen LogP contribution in [0.5, 0.6) is 11.5 Å². The van der Waals surface area contributed by atoms with Gasteiger partial charge in [0.1, 0.15) is 17.0 Å². The number of fused-ring (bicyclic) bond motifs is 6. The van der Waals surface area contributed by atoms with Crippen molar-refractivity contribution in [1.82, 2.24) is 14.5 Å². The molecule has 0 atom stereocenters. The summed E-state index contributed by atoms with van der Waals surface area (Å²) in [5.74, 6) is 1.34. The second-order valence-electron chi connectivity index (χ2n) is 10.2. The molecule has 0 spiro atoms. The van der Waals surface area contributed by atoms with Crippen LogP contribution < -0.4 is 9.39 Å². The lowest BCUT2D eigenvalue weighted by Gasteiger charge is -2.11. The molecule has 0 fully saturated rings.